The second kappa shape index (κ2) is 9.94. The van der Waals surface area contributed by atoms with Gasteiger partial charge in [-0.05, 0) is 44.4 Å². The Morgan fingerprint density at radius 1 is 0.946 bits per heavy atom. The Morgan fingerprint density at radius 2 is 1.57 bits per heavy atom. The molecule has 5 aliphatic rings. The highest BCUT2D eigenvalue weighted by Crippen LogP contribution is 2.64. The van der Waals surface area contributed by atoms with Gasteiger partial charge in [-0.15, -0.1) is 0 Å². The van der Waals surface area contributed by atoms with E-state index < -0.39 is 78.3 Å². The number of halogens is 5. The van der Waals surface area contributed by atoms with E-state index in [1.165, 1.54) is 0 Å². The molecule has 1 heterocycles. The van der Waals surface area contributed by atoms with Crippen molar-refractivity contribution in [2.45, 2.75) is 88.4 Å². The molecule has 4 atom stereocenters. The Morgan fingerprint density at radius 3 is 2.14 bits per heavy atom. The Hall–Kier alpha value is -2.02. The largest absolute Gasteiger partial charge is 0.465 e. The van der Waals surface area contributed by atoms with Crippen molar-refractivity contribution in [3.05, 3.63) is 0 Å². The number of esters is 3. The van der Waals surface area contributed by atoms with Crippen LogP contribution in [0.1, 0.15) is 58.8 Å². The number of carbonyl (C=O) groups is 3. The average Bonchev–Trinajstić information content (AvgIpc) is 2.78. The normalized spacial score (nSPS) is 36.9. The Kier molecular flexibility index (Phi) is 7.52. The molecule has 0 aromatic heterocycles. The first-order valence-electron chi connectivity index (χ1n) is 12.5. The molecule has 0 radical (unpaired) electrons. The molecule has 8 nitrogen and oxygen atoms in total. The van der Waals surface area contributed by atoms with Crippen molar-refractivity contribution in [2.24, 2.45) is 23.7 Å². The first kappa shape index (κ1) is 28.0. The van der Waals surface area contributed by atoms with Crippen LogP contribution in [-0.2, 0) is 38.1 Å². The van der Waals surface area contributed by atoms with Crippen LogP contribution in [0.5, 0.6) is 0 Å². The van der Waals surface area contributed by atoms with E-state index in [0.717, 1.165) is 0 Å². The van der Waals surface area contributed by atoms with Crippen LogP contribution >= 0.6 is 0 Å². The van der Waals surface area contributed by atoms with Gasteiger partial charge in [0.15, 0.2) is 11.9 Å². The predicted octanol–water partition coefficient (Wildman–Crippen LogP) is 3.94. The summed E-state index contributed by atoms with van der Waals surface area (Å²) in [4.78, 5) is 37.5. The van der Waals surface area contributed by atoms with E-state index in [9.17, 15) is 36.3 Å². The average molecular weight is 542 g/mol. The Bertz CT molecular complexity index is 885. The van der Waals surface area contributed by atoms with E-state index >= 15 is 0 Å². The highest BCUT2D eigenvalue weighted by molar-refractivity contribution is 5.84. The molecule has 1 spiro atoms. The van der Waals surface area contributed by atoms with Gasteiger partial charge in [-0.1, -0.05) is 6.92 Å². The van der Waals surface area contributed by atoms with Crippen LogP contribution in [0.4, 0.5) is 22.0 Å². The molecule has 4 bridgehead atoms. The number of rotatable bonds is 8. The molecule has 0 aromatic rings. The van der Waals surface area contributed by atoms with Gasteiger partial charge < -0.3 is 23.7 Å². The van der Waals surface area contributed by atoms with E-state index in [2.05, 4.69) is 0 Å². The summed E-state index contributed by atoms with van der Waals surface area (Å²) in [6, 6.07) is 0. The van der Waals surface area contributed by atoms with Crippen molar-refractivity contribution in [1.29, 1.82) is 0 Å². The molecule has 4 aliphatic carbocycles. The lowest BCUT2D eigenvalue weighted by molar-refractivity contribution is -0.393. The monoisotopic (exact) mass is 542 g/mol. The van der Waals surface area contributed by atoms with Crippen LogP contribution in [0.15, 0.2) is 0 Å². The fourth-order valence-corrected chi connectivity index (χ4v) is 6.38. The molecule has 5 rings (SSSR count). The molecule has 4 saturated carbocycles. The molecule has 13 heteroatoms. The highest BCUT2D eigenvalue weighted by atomic mass is 19.4. The van der Waals surface area contributed by atoms with Gasteiger partial charge in [-0.25, -0.2) is 9.59 Å². The van der Waals surface area contributed by atoms with Crippen LogP contribution in [-0.4, -0.2) is 67.3 Å². The number of ether oxygens (including phenoxy) is 5. The molecule has 1 aliphatic heterocycles. The molecule has 5 fully saturated rings. The van der Waals surface area contributed by atoms with Gasteiger partial charge in [-0.3, -0.25) is 4.79 Å². The highest BCUT2D eigenvalue weighted by Gasteiger charge is 2.68. The number of alkyl halides is 5. The zero-order chi connectivity index (χ0) is 27.2. The minimum Gasteiger partial charge on any atom is -0.465 e. The lowest BCUT2D eigenvalue weighted by Gasteiger charge is -2.64. The summed E-state index contributed by atoms with van der Waals surface area (Å²) >= 11 is 0. The Balaban J connectivity index is 1.52. The first-order valence-corrected chi connectivity index (χ1v) is 12.5. The van der Waals surface area contributed by atoms with Crippen molar-refractivity contribution in [3.63, 3.8) is 0 Å². The maximum atomic E-state index is 13.6. The molecule has 0 aromatic carbocycles. The summed E-state index contributed by atoms with van der Waals surface area (Å²) in [5.41, 5.74) is -1.10. The van der Waals surface area contributed by atoms with E-state index in [1.807, 2.05) is 0 Å². The summed E-state index contributed by atoms with van der Waals surface area (Å²) in [6.07, 6.45) is -4.90. The number of hydrogen-bond donors (Lipinski definition) is 0. The fraction of sp³-hybridized carbons (Fsp3) is 0.875. The predicted molar refractivity (Wildman–Crippen MR) is 113 cm³/mol. The zero-order valence-electron chi connectivity index (χ0n) is 20.6. The topological polar surface area (TPSA) is 97.4 Å². The number of carbonyl (C=O) groups excluding carboxylic acids is 3. The zero-order valence-corrected chi connectivity index (χ0v) is 20.6. The Labute approximate surface area is 210 Å². The van der Waals surface area contributed by atoms with Crippen LogP contribution < -0.4 is 0 Å². The van der Waals surface area contributed by atoms with Gasteiger partial charge in [0.2, 0.25) is 0 Å². The summed E-state index contributed by atoms with van der Waals surface area (Å²) in [5.74, 6) is -10.6. The fourth-order valence-electron chi connectivity index (χ4n) is 6.38. The maximum absolute atomic E-state index is 13.6. The third-order valence-electron chi connectivity index (χ3n) is 7.72. The van der Waals surface area contributed by atoms with Crippen molar-refractivity contribution in [3.8, 4) is 0 Å². The molecule has 1 saturated heterocycles. The molecular formula is C24H31F5O8. The molecule has 4 unspecified atom stereocenters. The number of hydrogen-bond acceptors (Lipinski definition) is 8. The lowest BCUT2D eigenvalue weighted by atomic mass is 9.51. The van der Waals surface area contributed by atoms with Gasteiger partial charge in [0, 0.05) is 18.8 Å². The lowest BCUT2D eigenvalue weighted by Crippen LogP contribution is -2.70. The van der Waals surface area contributed by atoms with E-state index in [0.29, 0.717) is 32.6 Å². The second-order valence-corrected chi connectivity index (χ2v) is 10.7. The van der Waals surface area contributed by atoms with Gasteiger partial charge in [-0.2, -0.15) is 22.0 Å². The third kappa shape index (κ3) is 5.71. The van der Waals surface area contributed by atoms with Gasteiger partial charge >= 0.3 is 30.0 Å². The van der Waals surface area contributed by atoms with Gasteiger partial charge in [0.05, 0.1) is 26.2 Å². The van der Waals surface area contributed by atoms with E-state index in [4.69, 9.17) is 23.7 Å². The summed E-state index contributed by atoms with van der Waals surface area (Å²) in [5, 5.41) is 0. The quantitative estimate of drug-likeness (QED) is 0.259. The van der Waals surface area contributed by atoms with Crippen molar-refractivity contribution >= 4 is 17.9 Å². The smallest absolute Gasteiger partial charge is 0.392 e. The molecule has 37 heavy (non-hydrogen) atoms. The van der Waals surface area contributed by atoms with Gasteiger partial charge in [0.1, 0.15) is 11.5 Å². The maximum Gasteiger partial charge on any atom is 0.392 e. The van der Waals surface area contributed by atoms with Crippen molar-refractivity contribution in [1.82, 2.24) is 0 Å². The van der Waals surface area contributed by atoms with Crippen LogP contribution in [0.25, 0.3) is 0 Å². The summed E-state index contributed by atoms with van der Waals surface area (Å²) in [7, 11) is 0. The standard InChI is InChI=1S/C24H31F5O8/c1-3-5-33-19(31)17-16(18(30)34-6-4-23(27,28)29)12-35-24(36-17)14-7-13-8-15(24)11-22(9-13,10-14)37-20(32)21(2,25)26/h13-17H,3-12H2,1-2H3. The van der Waals surface area contributed by atoms with E-state index in [-0.39, 0.29) is 32.0 Å². The van der Waals surface area contributed by atoms with E-state index in [1.54, 1.807) is 6.92 Å². The molecular weight excluding hydrogens is 511 g/mol. The third-order valence-corrected chi connectivity index (χ3v) is 7.72. The van der Waals surface area contributed by atoms with Crippen LogP contribution in [0, 0.1) is 23.7 Å². The second-order valence-electron chi connectivity index (χ2n) is 10.7. The SMILES string of the molecule is CCCOC(=O)C1OC2(OCC1C(=O)OCCC(F)(F)F)C1CC3CC2CC(OC(=O)C(C)(F)F)(C3)C1. The van der Waals surface area contributed by atoms with Crippen LogP contribution in [0.2, 0.25) is 0 Å². The molecule has 0 amide bonds. The molecule has 210 valence electrons. The summed E-state index contributed by atoms with van der Waals surface area (Å²) < 4.78 is 92.2. The molecule has 0 N–H and O–H groups in total. The van der Waals surface area contributed by atoms with Gasteiger partial charge in [0.25, 0.3) is 0 Å². The van der Waals surface area contributed by atoms with Crippen molar-refractivity contribution in [2.75, 3.05) is 19.8 Å². The minimum absolute atomic E-state index is 0.0433. The first-order chi connectivity index (χ1) is 17.2. The van der Waals surface area contributed by atoms with Crippen molar-refractivity contribution < 1.29 is 60.0 Å². The summed E-state index contributed by atoms with van der Waals surface area (Å²) in [6.45, 7) is 1.02. The van der Waals surface area contributed by atoms with Crippen LogP contribution in [0.3, 0.4) is 0 Å². The minimum atomic E-state index is -4.52.